The molecule has 4 aromatic carbocycles. The molecule has 2 saturated heterocycles. The molecule has 4 amide bonds. The summed E-state index contributed by atoms with van der Waals surface area (Å²) in [6, 6.07) is 24.9. The molecule has 4 aliphatic rings. The van der Waals surface area contributed by atoms with Crippen LogP contribution in [0.2, 0.25) is 15.1 Å². The largest absolute Gasteiger partial charge is 0.508 e. The molecular formula is C39H30Cl3N3O6. The lowest BCUT2D eigenvalue weighted by atomic mass is 9.49. The smallest absolute Gasteiger partial charge is 0.260 e. The number of nitrogens with one attached hydrogen (secondary N) is 1. The fourth-order valence-corrected chi connectivity index (χ4v) is 9.34. The van der Waals surface area contributed by atoms with Crippen LogP contribution in [0, 0.1) is 23.7 Å². The van der Waals surface area contributed by atoms with Crippen LogP contribution in [0.4, 0.5) is 11.4 Å². The molecule has 51 heavy (non-hydrogen) atoms. The highest BCUT2D eigenvalue weighted by atomic mass is 35.5. The monoisotopic (exact) mass is 741 g/mol. The van der Waals surface area contributed by atoms with Crippen molar-refractivity contribution in [1.82, 2.24) is 5.01 Å². The van der Waals surface area contributed by atoms with Crippen LogP contribution in [0.3, 0.4) is 0 Å². The van der Waals surface area contributed by atoms with Gasteiger partial charge >= 0.3 is 0 Å². The van der Waals surface area contributed by atoms with E-state index in [1.165, 1.54) is 17.0 Å². The number of carbonyl (C=O) groups excluding carboxylic acids is 4. The predicted octanol–water partition coefficient (Wildman–Crippen LogP) is 7.55. The lowest BCUT2D eigenvalue weighted by Gasteiger charge is -2.50. The summed E-state index contributed by atoms with van der Waals surface area (Å²) < 4.78 is 5.45. The van der Waals surface area contributed by atoms with Gasteiger partial charge in [0.05, 0.1) is 46.7 Å². The summed E-state index contributed by atoms with van der Waals surface area (Å²) in [5.41, 5.74) is 4.08. The van der Waals surface area contributed by atoms with Crippen molar-refractivity contribution >= 4 is 69.8 Å². The third-order valence-corrected chi connectivity index (χ3v) is 11.7. The van der Waals surface area contributed by atoms with Crippen LogP contribution in [0.5, 0.6) is 11.5 Å². The van der Waals surface area contributed by atoms with Gasteiger partial charge in [-0.2, -0.15) is 5.01 Å². The number of aromatic hydroxyl groups is 1. The lowest BCUT2D eigenvalue weighted by Crippen LogP contribution is -2.53. The first-order chi connectivity index (χ1) is 24.5. The Labute approximate surface area is 308 Å². The first-order valence-corrected chi connectivity index (χ1v) is 17.5. The Balaban J connectivity index is 1.32. The van der Waals surface area contributed by atoms with Gasteiger partial charge in [-0.1, -0.05) is 70.7 Å². The first kappa shape index (κ1) is 33.3. The van der Waals surface area contributed by atoms with Gasteiger partial charge < -0.3 is 9.84 Å². The number of anilines is 2. The van der Waals surface area contributed by atoms with Crippen molar-refractivity contribution in [3.8, 4) is 11.5 Å². The number of benzene rings is 4. The molecule has 9 nitrogen and oxygen atoms in total. The molecule has 0 bridgehead atoms. The van der Waals surface area contributed by atoms with Crippen LogP contribution in [-0.2, 0) is 24.6 Å². The first-order valence-electron chi connectivity index (χ1n) is 16.4. The second-order valence-electron chi connectivity index (χ2n) is 13.3. The third kappa shape index (κ3) is 5.05. The molecule has 258 valence electrons. The van der Waals surface area contributed by atoms with E-state index in [9.17, 15) is 19.5 Å². The summed E-state index contributed by atoms with van der Waals surface area (Å²) in [5, 5.41) is 12.8. The van der Waals surface area contributed by atoms with Crippen molar-refractivity contribution in [2.24, 2.45) is 23.7 Å². The predicted molar refractivity (Wildman–Crippen MR) is 193 cm³/mol. The molecule has 0 spiro atoms. The second kappa shape index (κ2) is 12.4. The molecule has 2 aliphatic carbocycles. The third-order valence-electron chi connectivity index (χ3n) is 10.9. The van der Waals surface area contributed by atoms with Gasteiger partial charge in [-0.15, -0.1) is 0 Å². The maximum atomic E-state index is 15.3. The van der Waals surface area contributed by atoms with Gasteiger partial charge in [0.1, 0.15) is 11.5 Å². The standard InChI is InChI=1S/C39H30Cl3N3O6/c1-51-26-12-5-21(6-13-26)39-30(36(48)45(38(39)50)43-32-16-9-23(41)18-31(32)42)19-29-27(34(39)20-3-2-4-25(46)17-20)14-15-28-33(29)37(49)44(35(28)47)24-10-7-22(40)8-11-24/h2-14,16-18,28-30,33-34,43,46H,15,19H2,1H3. The van der Waals surface area contributed by atoms with Crippen molar-refractivity contribution < 1.29 is 29.0 Å². The minimum absolute atomic E-state index is 0.0222. The van der Waals surface area contributed by atoms with Gasteiger partial charge in [0.25, 0.3) is 11.8 Å². The number of methoxy groups -OCH3 is 1. The zero-order valence-corrected chi connectivity index (χ0v) is 29.3. The van der Waals surface area contributed by atoms with Crippen molar-refractivity contribution in [2.75, 3.05) is 17.4 Å². The molecule has 2 aliphatic heterocycles. The van der Waals surface area contributed by atoms with Crippen LogP contribution >= 0.6 is 34.8 Å². The molecule has 3 fully saturated rings. The number of hydrazine groups is 1. The molecule has 8 rings (SSSR count). The SMILES string of the molecule is COc1ccc(C23C(=O)N(Nc4ccc(Cl)cc4Cl)C(=O)C2CC2C(=CCC4C(=O)N(c5ccc(Cl)cc5)C(=O)C42)C3c2cccc(O)c2)cc1. The molecule has 2 heterocycles. The number of ether oxygens (including phenoxy) is 1. The van der Waals surface area contributed by atoms with E-state index in [-0.39, 0.29) is 35.4 Å². The fourth-order valence-electron chi connectivity index (χ4n) is 8.77. The maximum Gasteiger partial charge on any atom is 0.260 e. The lowest BCUT2D eigenvalue weighted by molar-refractivity contribution is -0.138. The number of rotatable bonds is 6. The van der Waals surface area contributed by atoms with E-state index < -0.39 is 46.8 Å². The number of phenols is 1. The van der Waals surface area contributed by atoms with Gasteiger partial charge in [0, 0.05) is 16.0 Å². The topological polar surface area (TPSA) is 116 Å². The van der Waals surface area contributed by atoms with Gasteiger partial charge in [-0.05, 0) is 96.6 Å². The fraction of sp³-hybridized carbons (Fsp3) is 0.231. The summed E-state index contributed by atoms with van der Waals surface area (Å²) in [7, 11) is 1.54. The number of nitrogens with zero attached hydrogens (tertiary/aromatic N) is 2. The number of amides is 4. The minimum atomic E-state index is -1.53. The quantitative estimate of drug-likeness (QED) is 0.155. The molecule has 4 aromatic rings. The molecule has 12 heteroatoms. The molecular weight excluding hydrogens is 713 g/mol. The average Bonchev–Trinajstić information content (AvgIpc) is 3.50. The molecule has 0 aromatic heterocycles. The van der Waals surface area contributed by atoms with Gasteiger partial charge in [0.2, 0.25) is 11.8 Å². The van der Waals surface area contributed by atoms with Crippen molar-refractivity contribution in [3.63, 3.8) is 0 Å². The summed E-state index contributed by atoms with van der Waals surface area (Å²) in [6.45, 7) is 0. The zero-order valence-electron chi connectivity index (χ0n) is 27.1. The van der Waals surface area contributed by atoms with Gasteiger partial charge in [0.15, 0.2) is 0 Å². The van der Waals surface area contributed by atoms with E-state index in [2.05, 4.69) is 5.43 Å². The van der Waals surface area contributed by atoms with E-state index in [1.807, 2.05) is 12.1 Å². The Bertz CT molecular complexity index is 2160. The Morgan fingerprint density at radius 1 is 0.824 bits per heavy atom. The number of phenolic OH excluding ortho intramolecular Hbond substituents is 1. The number of carbonyl (C=O) groups is 4. The summed E-state index contributed by atoms with van der Waals surface area (Å²) in [6.07, 6.45) is 2.33. The Kier molecular flexibility index (Phi) is 8.13. The number of allylic oxidation sites excluding steroid dienone is 2. The molecule has 2 N–H and O–H groups in total. The number of hydrogen-bond donors (Lipinski definition) is 2. The van der Waals surface area contributed by atoms with Crippen LogP contribution < -0.4 is 15.1 Å². The van der Waals surface area contributed by atoms with Crippen LogP contribution in [0.25, 0.3) is 0 Å². The maximum absolute atomic E-state index is 15.3. The normalized spacial score (nSPS) is 26.8. The minimum Gasteiger partial charge on any atom is -0.508 e. The number of hydrogen-bond acceptors (Lipinski definition) is 7. The Morgan fingerprint density at radius 3 is 2.24 bits per heavy atom. The van der Waals surface area contributed by atoms with E-state index in [1.54, 1.807) is 79.9 Å². The van der Waals surface area contributed by atoms with Crippen molar-refractivity contribution in [2.45, 2.75) is 24.2 Å². The number of imide groups is 2. The van der Waals surface area contributed by atoms with E-state index in [0.717, 1.165) is 10.6 Å². The van der Waals surface area contributed by atoms with Gasteiger partial charge in [-0.25, -0.2) is 0 Å². The zero-order chi connectivity index (χ0) is 35.8. The molecule has 1 saturated carbocycles. The molecule has 6 unspecified atom stereocenters. The highest BCUT2D eigenvalue weighted by molar-refractivity contribution is 6.36. The highest BCUT2D eigenvalue weighted by Crippen LogP contribution is 2.64. The molecule has 0 radical (unpaired) electrons. The van der Waals surface area contributed by atoms with E-state index in [0.29, 0.717) is 38.3 Å². The summed E-state index contributed by atoms with van der Waals surface area (Å²) in [5.74, 6) is -5.00. The average molecular weight is 743 g/mol. The number of fused-ring (bicyclic) bond motifs is 4. The van der Waals surface area contributed by atoms with Crippen LogP contribution in [0.1, 0.15) is 29.9 Å². The van der Waals surface area contributed by atoms with Crippen molar-refractivity contribution in [3.05, 3.63) is 129 Å². The van der Waals surface area contributed by atoms with Gasteiger partial charge in [-0.3, -0.25) is 29.5 Å². The van der Waals surface area contributed by atoms with E-state index in [4.69, 9.17) is 39.5 Å². The highest BCUT2D eigenvalue weighted by Gasteiger charge is 2.70. The van der Waals surface area contributed by atoms with Crippen LogP contribution in [0.15, 0.2) is 103 Å². The summed E-state index contributed by atoms with van der Waals surface area (Å²) in [4.78, 5) is 59.7. The second-order valence-corrected chi connectivity index (χ2v) is 14.6. The Hall–Kier alpha value is -4.83. The molecule has 6 atom stereocenters. The Morgan fingerprint density at radius 2 is 1.55 bits per heavy atom. The number of halogens is 3. The van der Waals surface area contributed by atoms with E-state index >= 15 is 4.79 Å². The van der Waals surface area contributed by atoms with Crippen molar-refractivity contribution in [1.29, 1.82) is 0 Å². The van der Waals surface area contributed by atoms with Crippen LogP contribution in [-0.4, -0.2) is 40.9 Å². The summed E-state index contributed by atoms with van der Waals surface area (Å²) >= 11 is 18.8.